The summed E-state index contributed by atoms with van der Waals surface area (Å²) < 4.78 is 5.54. The van der Waals surface area contributed by atoms with Crippen molar-refractivity contribution in [1.82, 2.24) is 9.88 Å². The first-order chi connectivity index (χ1) is 16.9. The molecule has 8 heteroatoms. The van der Waals surface area contributed by atoms with E-state index < -0.39 is 17.5 Å². The zero-order valence-corrected chi connectivity index (χ0v) is 19.2. The van der Waals surface area contributed by atoms with Crippen LogP contribution in [-0.4, -0.2) is 52.7 Å². The molecule has 2 aliphatic rings. The van der Waals surface area contributed by atoms with E-state index in [-0.39, 0.29) is 37.2 Å². The van der Waals surface area contributed by atoms with Crippen molar-refractivity contribution < 1.29 is 24.2 Å². The Morgan fingerprint density at radius 2 is 1.66 bits per heavy atom. The highest BCUT2D eigenvalue weighted by Crippen LogP contribution is 2.44. The molecule has 3 aromatic rings. The SMILES string of the molecule is CCC1(C(=O)O)CN(C(=O)c2ccc(NC(=O)OCC3c4ccccc4-c4ccccc43)cn2)C1. The van der Waals surface area contributed by atoms with Gasteiger partial charge in [0.2, 0.25) is 0 Å². The molecular weight excluding hydrogens is 446 g/mol. The third-order valence-corrected chi connectivity index (χ3v) is 6.98. The monoisotopic (exact) mass is 471 g/mol. The van der Waals surface area contributed by atoms with Gasteiger partial charge in [0, 0.05) is 19.0 Å². The number of benzene rings is 2. The van der Waals surface area contributed by atoms with Gasteiger partial charge in [0.25, 0.3) is 5.91 Å². The van der Waals surface area contributed by atoms with E-state index in [1.807, 2.05) is 24.3 Å². The minimum atomic E-state index is -0.889. The number of likely N-dealkylation sites (tertiary alicyclic amines) is 1. The van der Waals surface area contributed by atoms with Crippen LogP contribution in [0.1, 0.15) is 40.9 Å². The molecule has 0 saturated carbocycles. The Morgan fingerprint density at radius 1 is 1.03 bits per heavy atom. The third kappa shape index (κ3) is 4.01. The van der Waals surface area contributed by atoms with E-state index in [0.717, 1.165) is 22.3 Å². The Kier molecular flexibility index (Phi) is 5.72. The van der Waals surface area contributed by atoms with E-state index in [9.17, 15) is 19.5 Å². The normalized spacial score (nSPS) is 15.5. The van der Waals surface area contributed by atoms with Gasteiger partial charge in [0.1, 0.15) is 17.7 Å². The molecule has 0 unspecified atom stereocenters. The molecule has 1 saturated heterocycles. The number of carboxylic acid groups (broad SMARTS) is 1. The van der Waals surface area contributed by atoms with Gasteiger partial charge in [-0.05, 0) is 40.8 Å². The van der Waals surface area contributed by atoms with E-state index in [0.29, 0.717) is 12.1 Å². The van der Waals surface area contributed by atoms with Gasteiger partial charge >= 0.3 is 12.1 Å². The van der Waals surface area contributed by atoms with Crippen molar-refractivity contribution in [3.8, 4) is 11.1 Å². The summed E-state index contributed by atoms with van der Waals surface area (Å²) in [6.07, 6.45) is 1.24. The van der Waals surface area contributed by atoms with E-state index >= 15 is 0 Å². The Morgan fingerprint density at radius 3 is 2.20 bits per heavy atom. The molecule has 0 radical (unpaired) electrons. The van der Waals surface area contributed by atoms with Crippen LogP contribution in [0.2, 0.25) is 0 Å². The van der Waals surface area contributed by atoms with Crippen molar-refractivity contribution in [1.29, 1.82) is 0 Å². The quantitative estimate of drug-likeness (QED) is 0.552. The lowest BCUT2D eigenvalue weighted by molar-refractivity contribution is -0.158. The lowest BCUT2D eigenvalue weighted by atomic mass is 9.77. The first-order valence-corrected chi connectivity index (χ1v) is 11.5. The fraction of sp³-hybridized carbons (Fsp3) is 0.259. The van der Waals surface area contributed by atoms with Crippen LogP contribution in [0.15, 0.2) is 66.9 Å². The Hall–Kier alpha value is -4.20. The second-order valence-electron chi connectivity index (χ2n) is 8.98. The highest BCUT2D eigenvalue weighted by atomic mass is 16.5. The van der Waals surface area contributed by atoms with Crippen LogP contribution < -0.4 is 5.32 Å². The van der Waals surface area contributed by atoms with Crippen LogP contribution >= 0.6 is 0 Å². The van der Waals surface area contributed by atoms with E-state index in [2.05, 4.69) is 34.6 Å². The number of nitrogens with zero attached hydrogens (tertiary/aromatic N) is 2. The molecule has 2 heterocycles. The molecule has 0 bridgehead atoms. The number of carbonyl (C=O) groups excluding carboxylic acids is 2. The van der Waals surface area contributed by atoms with Crippen molar-refractivity contribution >= 4 is 23.7 Å². The number of anilines is 1. The molecule has 2 N–H and O–H groups in total. The van der Waals surface area contributed by atoms with Gasteiger partial charge in [0.05, 0.1) is 11.9 Å². The molecule has 2 amide bonds. The van der Waals surface area contributed by atoms with Crippen LogP contribution in [0.3, 0.4) is 0 Å². The maximum atomic E-state index is 12.6. The summed E-state index contributed by atoms with van der Waals surface area (Å²) in [5.41, 5.74) is 4.29. The first kappa shape index (κ1) is 22.6. The highest BCUT2D eigenvalue weighted by Gasteiger charge is 2.50. The van der Waals surface area contributed by atoms with Gasteiger partial charge in [-0.15, -0.1) is 0 Å². The standard InChI is InChI=1S/C27H25N3O5/c1-2-27(25(32)33)15-30(16-27)24(31)23-12-11-17(13-28-23)29-26(34)35-14-22-20-9-5-3-7-18(20)19-8-4-6-10-21(19)22/h3-13,22H,2,14-16H2,1H3,(H,29,34)(H,32,33). The number of carboxylic acids is 1. The van der Waals surface area contributed by atoms with E-state index in [4.69, 9.17) is 4.74 Å². The number of rotatable bonds is 6. The molecular formula is C27H25N3O5. The molecule has 178 valence electrons. The number of carbonyl (C=O) groups is 3. The fourth-order valence-corrected chi connectivity index (χ4v) is 4.85. The molecule has 0 atom stereocenters. The number of nitrogens with one attached hydrogen (secondary N) is 1. The number of fused-ring (bicyclic) bond motifs is 3. The number of ether oxygens (including phenoxy) is 1. The summed E-state index contributed by atoms with van der Waals surface area (Å²) in [6.45, 7) is 2.33. The average Bonchev–Trinajstić information content (AvgIpc) is 3.16. The third-order valence-electron chi connectivity index (χ3n) is 6.98. The minimum Gasteiger partial charge on any atom is -0.481 e. The number of amides is 2. The van der Waals surface area contributed by atoms with Gasteiger partial charge in [-0.25, -0.2) is 9.78 Å². The fourth-order valence-electron chi connectivity index (χ4n) is 4.85. The van der Waals surface area contributed by atoms with Crippen molar-refractivity contribution in [3.05, 3.63) is 83.7 Å². The number of pyridine rings is 1. The zero-order valence-electron chi connectivity index (χ0n) is 19.2. The molecule has 5 rings (SSSR count). The molecule has 35 heavy (non-hydrogen) atoms. The Balaban J connectivity index is 1.18. The molecule has 1 fully saturated rings. The van der Waals surface area contributed by atoms with E-state index in [1.165, 1.54) is 17.2 Å². The van der Waals surface area contributed by atoms with Crippen LogP contribution in [0.25, 0.3) is 11.1 Å². The van der Waals surface area contributed by atoms with Crippen molar-refractivity contribution in [2.24, 2.45) is 5.41 Å². The van der Waals surface area contributed by atoms with Crippen LogP contribution in [0, 0.1) is 5.41 Å². The van der Waals surface area contributed by atoms with Gasteiger partial charge in [-0.3, -0.25) is 14.9 Å². The predicted octanol–water partition coefficient (Wildman–Crippen LogP) is 4.38. The number of hydrogen-bond donors (Lipinski definition) is 2. The largest absolute Gasteiger partial charge is 0.481 e. The van der Waals surface area contributed by atoms with Crippen molar-refractivity contribution in [2.75, 3.05) is 25.0 Å². The van der Waals surface area contributed by atoms with Gasteiger partial charge in [-0.2, -0.15) is 0 Å². The average molecular weight is 472 g/mol. The Bertz CT molecular complexity index is 1250. The van der Waals surface area contributed by atoms with Gasteiger partial charge < -0.3 is 14.7 Å². The molecule has 0 spiro atoms. The number of aromatic nitrogens is 1. The summed E-state index contributed by atoms with van der Waals surface area (Å²) >= 11 is 0. The smallest absolute Gasteiger partial charge is 0.411 e. The first-order valence-electron chi connectivity index (χ1n) is 11.5. The lowest BCUT2D eigenvalue weighted by Crippen LogP contribution is -2.61. The second kappa shape index (κ2) is 8.87. The summed E-state index contributed by atoms with van der Waals surface area (Å²) in [7, 11) is 0. The molecule has 1 aromatic heterocycles. The summed E-state index contributed by atoms with van der Waals surface area (Å²) in [5, 5.41) is 12.0. The molecule has 2 aromatic carbocycles. The van der Waals surface area contributed by atoms with Crippen LogP contribution in [0.4, 0.5) is 10.5 Å². The van der Waals surface area contributed by atoms with Crippen LogP contribution in [0.5, 0.6) is 0 Å². The van der Waals surface area contributed by atoms with E-state index in [1.54, 1.807) is 13.0 Å². The number of hydrogen-bond acceptors (Lipinski definition) is 5. The topological polar surface area (TPSA) is 109 Å². The lowest BCUT2D eigenvalue weighted by Gasteiger charge is -2.46. The van der Waals surface area contributed by atoms with Crippen LogP contribution in [-0.2, 0) is 9.53 Å². The maximum absolute atomic E-state index is 12.6. The van der Waals surface area contributed by atoms with Gasteiger partial charge in [-0.1, -0.05) is 55.5 Å². The summed E-state index contributed by atoms with van der Waals surface area (Å²) in [4.78, 5) is 42.1. The maximum Gasteiger partial charge on any atom is 0.411 e. The molecule has 1 aliphatic heterocycles. The summed E-state index contributed by atoms with van der Waals surface area (Å²) in [6, 6.07) is 19.3. The predicted molar refractivity (Wildman–Crippen MR) is 129 cm³/mol. The number of aliphatic carboxylic acids is 1. The highest BCUT2D eigenvalue weighted by molar-refractivity contribution is 5.95. The zero-order chi connectivity index (χ0) is 24.6. The Labute approximate surface area is 202 Å². The van der Waals surface area contributed by atoms with Gasteiger partial charge in [0.15, 0.2) is 0 Å². The second-order valence-corrected chi connectivity index (χ2v) is 8.98. The molecule has 8 nitrogen and oxygen atoms in total. The molecule has 1 aliphatic carbocycles. The summed E-state index contributed by atoms with van der Waals surface area (Å²) in [5.74, 6) is -1.26. The van der Waals surface area contributed by atoms with Crippen molar-refractivity contribution in [3.63, 3.8) is 0 Å². The minimum absolute atomic E-state index is 0.0381. The van der Waals surface area contributed by atoms with Crippen molar-refractivity contribution in [2.45, 2.75) is 19.3 Å².